The lowest BCUT2D eigenvalue weighted by atomic mass is 9.33. The number of carboxylic acids is 1. The maximum absolute atomic E-state index is 13.2. The Kier molecular flexibility index (Phi) is 9.03. The summed E-state index contributed by atoms with van der Waals surface area (Å²) in [5, 5.41) is 20.9. The van der Waals surface area contributed by atoms with Crippen LogP contribution in [0.2, 0.25) is 0 Å². The Hall–Kier alpha value is -1.96. The van der Waals surface area contributed by atoms with Crippen LogP contribution in [0.1, 0.15) is 120 Å². The summed E-state index contributed by atoms with van der Waals surface area (Å²) in [4.78, 5) is 52.0. The smallest absolute Gasteiger partial charge is 0.308 e. The third kappa shape index (κ3) is 5.11. The number of ketones is 1. The van der Waals surface area contributed by atoms with Crippen molar-refractivity contribution in [3.63, 3.8) is 0 Å². The number of ether oxygens (including phenoxy) is 2. The average Bonchev–Trinajstić information content (AvgIpc) is 2.89. The van der Waals surface area contributed by atoms with Crippen molar-refractivity contribution in [2.45, 2.75) is 138 Å². The zero-order valence-corrected chi connectivity index (χ0v) is 27.0. The first kappa shape index (κ1) is 32.9. The van der Waals surface area contributed by atoms with Gasteiger partial charge in [-0.2, -0.15) is 0 Å². The highest BCUT2D eigenvalue weighted by atomic mass is 16.6. The summed E-state index contributed by atoms with van der Waals surface area (Å²) in [5.41, 5.74) is -1.12. The first-order valence-corrected chi connectivity index (χ1v) is 16.3. The van der Waals surface area contributed by atoms with Gasteiger partial charge in [-0.1, -0.05) is 54.4 Å². The van der Waals surface area contributed by atoms with Crippen LogP contribution in [0.5, 0.6) is 0 Å². The summed E-state index contributed by atoms with van der Waals surface area (Å²) in [6.07, 6.45) is 5.07. The van der Waals surface area contributed by atoms with Gasteiger partial charge in [-0.25, -0.2) is 0 Å². The van der Waals surface area contributed by atoms with E-state index < -0.39 is 53.5 Å². The summed E-state index contributed by atoms with van der Waals surface area (Å²) in [7, 11) is 0. The Morgan fingerprint density at radius 2 is 1.52 bits per heavy atom. The van der Waals surface area contributed by atoms with E-state index in [1.165, 1.54) is 20.3 Å². The Labute approximate surface area is 251 Å². The molecule has 0 aliphatic heterocycles. The minimum atomic E-state index is -1.19. The molecule has 0 radical (unpaired) electrons. The number of carboxylic acid groups (broad SMARTS) is 1. The monoisotopic (exact) mass is 590 g/mol. The van der Waals surface area contributed by atoms with Crippen LogP contribution in [0.4, 0.5) is 0 Å². The van der Waals surface area contributed by atoms with Crippen LogP contribution < -0.4 is 0 Å². The standard InChI is InChI=1S/C34H54O8/c1-9-21(37)16-27(38)42-22-17-25-33(7)15-12-23-31(5,10-2)13-11-14-32(23,6)24(33)18-26(41-20(4)36)34(25,8)29(30(39)40)28(22)19(3)35/h21-26,28-29,37H,9-18H2,1-8H3,(H,39,40)/t21?,22-,23+,24-,25+,26+,28-,29-,31+,32+,33-,34-/m1/s1. The summed E-state index contributed by atoms with van der Waals surface area (Å²) in [6, 6.07) is 0. The highest BCUT2D eigenvalue weighted by Crippen LogP contribution is 2.74. The topological polar surface area (TPSA) is 127 Å². The molecule has 2 N–H and O–H groups in total. The molecule has 0 saturated heterocycles. The number of Topliss-reactive ketones (excluding diaryl/α,β-unsaturated/α-hetero) is 1. The number of fused-ring (bicyclic) bond motifs is 5. The van der Waals surface area contributed by atoms with Gasteiger partial charge in [0.2, 0.25) is 0 Å². The molecule has 238 valence electrons. The molecule has 4 aliphatic carbocycles. The number of aliphatic hydroxyl groups is 1. The van der Waals surface area contributed by atoms with Crippen molar-refractivity contribution in [3.05, 3.63) is 0 Å². The molecule has 4 saturated carbocycles. The number of rotatable bonds is 8. The van der Waals surface area contributed by atoms with Crippen molar-refractivity contribution in [1.29, 1.82) is 0 Å². The van der Waals surface area contributed by atoms with E-state index in [4.69, 9.17) is 9.47 Å². The van der Waals surface area contributed by atoms with Crippen LogP contribution in [0, 0.1) is 51.2 Å². The molecule has 4 aliphatic rings. The lowest BCUT2D eigenvalue weighted by Crippen LogP contribution is -2.70. The predicted octanol–water partition coefficient (Wildman–Crippen LogP) is 5.97. The van der Waals surface area contributed by atoms with Gasteiger partial charge < -0.3 is 19.7 Å². The van der Waals surface area contributed by atoms with E-state index >= 15 is 0 Å². The summed E-state index contributed by atoms with van der Waals surface area (Å²) >= 11 is 0. The van der Waals surface area contributed by atoms with Crippen molar-refractivity contribution < 1.29 is 38.9 Å². The third-order valence-corrected chi connectivity index (χ3v) is 13.3. The average molecular weight is 591 g/mol. The maximum atomic E-state index is 13.2. The largest absolute Gasteiger partial charge is 0.481 e. The van der Waals surface area contributed by atoms with Crippen molar-refractivity contribution >= 4 is 23.7 Å². The third-order valence-electron chi connectivity index (χ3n) is 13.3. The number of aliphatic hydroxyl groups excluding tert-OH is 1. The second-order valence-corrected chi connectivity index (χ2v) is 15.3. The highest BCUT2D eigenvalue weighted by molar-refractivity contribution is 5.86. The fraction of sp³-hybridized carbons (Fsp3) is 0.882. The van der Waals surface area contributed by atoms with Gasteiger partial charge in [0, 0.05) is 12.3 Å². The molecule has 1 unspecified atom stereocenters. The fourth-order valence-corrected chi connectivity index (χ4v) is 11.2. The lowest BCUT2D eigenvalue weighted by Gasteiger charge is -2.71. The van der Waals surface area contributed by atoms with Gasteiger partial charge in [0.15, 0.2) is 0 Å². The Balaban J connectivity index is 1.86. The van der Waals surface area contributed by atoms with E-state index in [0.717, 1.165) is 32.1 Å². The van der Waals surface area contributed by atoms with Crippen molar-refractivity contribution in [2.24, 2.45) is 51.2 Å². The number of aliphatic carboxylic acids is 1. The lowest BCUT2D eigenvalue weighted by molar-refractivity contribution is -0.268. The molecular formula is C34H54O8. The molecule has 0 spiro atoms. The van der Waals surface area contributed by atoms with E-state index in [1.54, 1.807) is 6.92 Å². The van der Waals surface area contributed by atoms with E-state index in [2.05, 4.69) is 27.7 Å². The first-order chi connectivity index (χ1) is 19.5. The second-order valence-electron chi connectivity index (χ2n) is 15.3. The zero-order chi connectivity index (χ0) is 31.4. The van der Waals surface area contributed by atoms with E-state index in [1.807, 2.05) is 6.92 Å². The molecule has 8 nitrogen and oxygen atoms in total. The van der Waals surface area contributed by atoms with Crippen LogP contribution in [-0.2, 0) is 28.7 Å². The van der Waals surface area contributed by atoms with E-state index in [0.29, 0.717) is 25.2 Å². The number of esters is 2. The number of carbonyl (C=O) groups is 4. The molecule has 12 atom stereocenters. The Bertz CT molecular complexity index is 1090. The normalized spacial score (nSPS) is 45.4. The fourth-order valence-electron chi connectivity index (χ4n) is 11.2. The second kappa shape index (κ2) is 11.5. The molecule has 0 bridgehead atoms. The zero-order valence-electron chi connectivity index (χ0n) is 27.0. The van der Waals surface area contributed by atoms with Gasteiger partial charge in [0.05, 0.1) is 24.4 Å². The van der Waals surface area contributed by atoms with Gasteiger partial charge in [0.1, 0.15) is 18.0 Å². The summed E-state index contributed by atoms with van der Waals surface area (Å²) in [5.74, 6) is -4.39. The molecule has 4 fully saturated rings. The van der Waals surface area contributed by atoms with Gasteiger partial charge in [-0.3, -0.25) is 19.2 Å². The molecule has 42 heavy (non-hydrogen) atoms. The molecule has 0 aromatic carbocycles. The van der Waals surface area contributed by atoms with Crippen molar-refractivity contribution in [1.82, 2.24) is 0 Å². The molecule has 8 heteroatoms. The Morgan fingerprint density at radius 1 is 0.881 bits per heavy atom. The highest BCUT2D eigenvalue weighted by Gasteiger charge is 2.72. The SMILES string of the molecule is CCC(O)CC(=O)O[C@@H]1C[C@H]2[C@]3(C)CC[C@H]4[C@@](C)(CC)CCC[C@]4(C)[C@H]3C[C@H](OC(C)=O)[C@]2(C)[C@@H](C(=O)O)[C@@H]1C(C)=O. The molecular weight excluding hydrogens is 536 g/mol. The summed E-state index contributed by atoms with van der Waals surface area (Å²) < 4.78 is 12.0. The Morgan fingerprint density at radius 3 is 2.07 bits per heavy atom. The van der Waals surface area contributed by atoms with Gasteiger partial charge in [-0.05, 0) is 85.9 Å². The molecule has 0 amide bonds. The minimum Gasteiger partial charge on any atom is -0.481 e. The van der Waals surface area contributed by atoms with Crippen LogP contribution in [0.15, 0.2) is 0 Å². The van der Waals surface area contributed by atoms with Gasteiger partial charge >= 0.3 is 17.9 Å². The van der Waals surface area contributed by atoms with Crippen LogP contribution >= 0.6 is 0 Å². The van der Waals surface area contributed by atoms with Gasteiger partial charge in [-0.15, -0.1) is 0 Å². The first-order valence-electron chi connectivity index (χ1n) is 16.3. The number of hydrogen-bond donors (Lipinski definition) is 2. The van der Waals surface area contributed by atoms with E-state index in [9.17, 15) is 29.4 Å². The quantitative estimate of drug-likeness (QED) is 0.331. The van der Waals surface area contributed by atoms with Crippen molar-refractivity contribution in [2.75, 3.05) is 0 Å². The molecule has 4 rings (SSSR count). The predicted molar refractivity (Wildman–Crippen MR) is 157 cm³/mol. The maximum Gasteiger partial charge on any atom is 0.308 e. The van der Waals surface area contributed by atoms with Gasteiger partial charge in [0.25, 0.3) is 0 Å². The number of hydrogen-bond acceptors (Lipinski definition) is 7. The van der Waals surface area contributed by atoms with Crippen LogP contribution in [-0.4, -0.2) is 52.2 Å². The molecule has 0 aromatic rings. The summed E-state index contributed by atoms with van der Waals surface area (Å²) in [6.45, 7) is 15.8. The number of carbonyl (C=O) groups excluding carboxylic acids is 3. The van der Waals surface area contributed by atoms with E-state index in [-0.39, 0.29) is 40.3 Å². The van der Waals surface area contributed by atoms with Crippen LogP contribution in [0.3, 0.4) is 0 Å². The minimum absolute atomic E-state index is 0.0106. The van der Waals surface area contributed by atoms with Crippen LogP contribution in [0.25, 0.3) is 0 Å². The van der Waals surface area contributed by atoms with Crippen molar-refractivity contribution in [3.8, 4) is 0 Å². The molecule has 0 heterocycles. The molecule has 0 aromatic heterocycles.